The van der Waals surface area contributed by atoms with E-state index in [2.05, 4.69) is 29.5 Å². The fourth-order valence-corrected chi connectivity index (χ4v) is 2.67. The molecule has 0 bridgehead atoms. The van der Waals surface area contributed by atoms with E-state index >= 15 is 0 Å². The molecule has 0 amide bonds. The number of hydrogen-bond donors (Lipinski definition) is 2. The molecule has 6 nitrogen and oxygen atoms in total. The van der Waals surface area contributed by atoms with Gasteiger partial charge in [-0.2, -0.15) is 0 Å². The minimum atomic E-state index is -2.91. The molecule has 0 saturated carbocycles. The van der Waals surface area contributed by atoms with Crippen molar-refractivity contribution in [3.63, 3.8) is 0 Å². The Morgan fingerprint density at radius 3 is 2.35 bits per heavy atom. The third kappa shape index (κ3) is 15.2. The van der Waals surface area contributed by atoms with Crippen molar-refractivity contribution in [1.29, 1.82) is 0 Å². The molecule has 23 heavy (non-hydrogen) atoms. The van der Waals surface area contributed by atoms with E-state index in [-0.39, 0.29) is 35.8 Å². The molecule has 0 rings (SSSR count). The van der Waals surface area contributed by atoms with Gasteiger partial charge in [0, 0.05) is 32.5 Å². The van der Waals surface area contributed by atoms with Crippen molar-refractivity contribution in [1.82, 2.24) is 10.6 Å². The van der Waals surface area contributed by atoms with Crippen LogP contribution in [-0.4, -0.2) is 58.7 Å². The molecule has 0 aliphatic rings. The van der Waals surface area contributed by atoms with Gasteiger partial charge in [0.15, 0.2) is 5.96 Å². The third-order valence-electron chi connectivity index (χ3n) is 3.13. The smallest absolute Gasteiger partial charge is 0.191 e. The molecule has 0 spiro atoms. The normalized spacial score (nSPS) is 13.6. The van der Waals surface area contributed by atoms with E-state index in [0.29, 0.717) is 18.9 Å². The van der Waals surface area contributed by atoms with Crippen molar-refractivity contribution in [3.8, 4) is 0 Å². The molecule has 0 saturated heterocycles. The Balaban J connectivity index is 0. The van der Waals surface area contributed by atoms with Gasteiger partial charge in [0.2, 0.25) is 0 Å². The van der Waals surface area contributed by atoms with Crippen molar-refractivity contribution < 1.29 is 13.2 Å². The zero-order valence-electron chi connectivity index (χ0n) is 15.1. The number of sulfone groups is 1. The molecule has 0 aliphatic heterocycles. The number of guanidine groups is 1. The summed E-state index contributed by atoms with van der Waals surface area (Å²) in [5.74, 6) is 1.39. The van der Waals surface area contributed by atoms with Crippen molar-refractivity contribution in [3.05, 3.63) is 0 Å². The number of aliphatic imine (C=N–C) groups is 1. The standard InChI is InChI=1S/C15H33N3O3S.HI/c1-6-16-15(17-10-8-12-22(5,19)20)18-11-9-14(13(3)4)21-7-2;/h13-14H,6-12H2,1-5H3,(H2,16,17,18);1H. The van der Waals surface area contributed by atoms with Crippen LogP contribution in [-0.2, 0) is 14.6 Å². The van der Waals surface area contributed by atoms with E-state index in [1.165, 1.54) is 6.26 Å². The van der Waals surface area contributed by atoms with E-state index in [1.807, 2.05) is 13.8 Å². The van der Waals surface area contributed by atoms with Gasteiger partial charge < -0.3 is 15.4 Å². The van der Waals surface area contributed by atoms with Crippen LogP contribution in [0.1, 0.15) is 40.5 Å². The van der Waals surface area contributed by atoms with Crippen LogP contribution in [0.3, 0.4) is 0 Å². The second-order valence-electron chi connectivity index (χ2n) is 5.70. The minimum Gasteiger partial charge on any atom is -0.378 e. The lowest BCUT2D eigenvalue weighted by atomic mass is 10.0. The van der Waals surface area contributed by atoms with Crippen molar-refractivity contribution >= 4 is 39.8 Å². The Labute approximate surface area is 159 Å². The molecule has 0 aromatic rings. The number of rotatable bonds is 11. The lowest BCUT2D eigenvalue weighted by Crippen LogP contribution is -2.39. The molecule has 8 heteroatoms. The number of nitrogens with one attached hydrogen (secondary N) is 2. The fraction of sp³-hybridized carbons (Fsp3) is 0.933. The minimum absolute atomic E-state index is 0. The molecule has 140 valence electrons. The van der Waals surface area contributed by atoms with Crippen LogP contribution < -0.4 is 10.6 Å². The summed E-state index contributed by atoms with van der Waals surface area (Å²) in [6.45, 7) is 11.1. The SMILES string of the molecule is CCNC(=NCCCS(C)(=O)=O)NCCC(OCC)C(C)C.I. The van der Waals surface area contributed by atoms with E-state index in [1.54, 1.807) is 0 Å². The Kier molecular flexibility index (Phi) is 15.6. The quantitative estimate of drug-likeness (QED) is 0.212. The summed E-state index contributed by atoms with van der Waals surface area (Å²) >= 11 is 0. The van der Waals surface area contributed by atoms with Crippen LogP contribution in [0.15, 0.2) is 4.99 Å². The molecule has 0 radical (unpaired) electrons. The highest BCUT2D eigenvalue weighted by atomic mass is 127. The van der Waals surface area contributed by atoms with Crippen LogP contribution in [0, 0.1) is 5.92 Å². The van der Waals surface area contributed by atoms with E-state index in [4.69, 9.17) is 4.74 Å². The summed E-state index contributed by atoms with van der Waals surface area (Å²) in [6, 6.07) is 0. The van der Waals surface area contributed by atoms with Gasteiger partial charge >= 0.3 is 0 Å². The summed E-state index contributed by atoms with van der Waals surface area (Å²) in [6.07, 6.45) is 2.95. The predicted octanol–water partition coefficient (Wildman–Crippen LogP) is 2.05. The molecular weight excluding hydrogens is 429 g/mol. The summed E-state index contributed by atoms with van der Waals surface area (Å²) < 4.78 is 27.9. The van der Waals surface area contributed by atoms with Gasteiger partial charge in [0.25, 0.3) is 0 Å². The zero-order valence-corrected chi connectivity index (χ0v) is 18.2. The van der Waals surface area contributed by atoms with Crippen LogP contribution in [0.5, 0.6) is 0 Å². The average Bonchev–Trinajstić information content (AvgIpc) is 2.41. The number of ether oxygens (including phenoxy) is 1. The summed E-state index contributed by atoms with van der Waals surface area (Å²) in [4.78, 5) is 4.39. The third-order valence-corrected chi connectivity index (χ3v) is 4.16. The fourth-order valence-electron chi connectivity index (χ4n) is 2.02. The second-order valence-corrected chi connectivity index (χ2v) is 7.96. The van der Waals surface area contributed by atoms with Gasteiger partial charge in [-0.1, -0.05) is 13.8 Å². The molecule has 2 N–H and O–H groups in total. The van der Waals surface area contributed by atoms with Gasteiger partial charge in [0.1, 0.15) is 9.84 Å². The monoisotopic (exact) mass is 463 g/mol. The highest BCUT2D eigenvalue weighted by Gasteiger charge is 2.12. The van der Waals surface area contributed by atoms with Crippen LogP contribution >= 0.6 is 24.0 Å². The molecule has 0 fully saturated rings. The van der Waals surface area contributed by atoms with Crippen molar-refractivity contribution in [2.45, 2.75) is 46.6 Å². The molecule has 0 aliphatic carbocycles. The van der Waals surface area contributed by atoms with Crippen LogP contribution in [0.4, 0.5) is 0 Å². The first-order valence-electron chi connectivity index (χ1n) is 8.11. The molecule has 0 heterocycles. The number of halogens is 1. The first-order valence-corrected chi connectivity index (χ1v) is 10.2. The van der Waals surface area contributed by atoms with E-state index in [0.717, 1.165) is 32.1 Å². The maximum Gasteiger partial charge on any atom is 0.191 e. The summed E-state index contributed by atoms with van der Waals surface area (Å²) in [7, 11) is -2.91. The van der Waals surface area contributed by atoms with Crippen molar-refractivity contribution in [2.24, 2.45) is 10.9 Å². The van der Waals surface area contributed by atoms with Crippen LogP contribution in [0.25, 0.3) is 0 Å². The van der Waals surface area contributed by atoms with Gasteiger partial charge in [-0.3, -0.25) is 4.99 Å². The zero-order chi connectivity index (χ0) is 17.0. The number of nitrogens with zero attached hydrogens (tertiary/aromatic N) is 1. The molecule has 1 unspecified atom stereocenters. The van der Waals surface area contributed by atoms with Gasteiger partial charge in [-0.25, -0.2) is 8.42 Å². The Bertz CT molecular complexity index is 414. The first kappa shape index (κ1) is 25.2. The maximum atomic E-state index is 11.1. The molecule has 1 atom stereocenters. The maximum absolute atomic E-state index is 11.1. The van der Waals surface area contributed by atoms with Gasteiger partial charge in [-0.15, -0.1) is 24.0 Å². The summed E-state index contributed by atoms with van der Waals surface area (Å²) in [5, 5.41) is 6.44. The van der Waals surface area contributed by atoms with E-state index < -0.39 is 9.84 Å². The van der Waals surface area contributed by atoms with Gasteiger partial charge in [0.05, 0.1) is 11.9 Å². The molecule has 0 aromatic heterocycles. The lowest BCUT2D eigenvalue weighted by molar-refractivity contribution is 0.0258. The second kappa shape index (κ2) is 14.3. The average molecular weight is 463 g/mol. The van der Waals surface area contributed by atoms with Crippen LogP contribution in [0.2, 0.25) is 0 Å². The first-order chi connectivity index (χ1) is 10.3. The molecule has 0 aromatic carbocycles. The lowest BCUT2D eigenvalue weighted by Gasteiger charge is -2.21. The summed E-state index contributed by atoms with van der Waals surface area (Å²) in [5.41, 5.74) is 0. The highest BCUT2D eigenvalue weighted by molar-refractivity contribution is 14.0. The highest BCUT2D eigenvalue weighted by Crippen LogP contribution is 2.09. The van der Waals surface area contributed by atoms with E-state index in [9.17, 15) is 8.42 Å². The Hall–Kier alpha value is -0.0900. The number of hydrogen-bond acceptors (Lipinski definition) is 4. The topological polar surface area (TPSA) is 79.8 Å². The van der Waals surface area contributed by atoms with Gasteiger partial charge in [-0.05, 0) is 32.6 Å². The Morgan fingerprint density at radius 2 is 1.87 bits per heavy atom. The predicted molar refractivity (Wildman–Crippen MR) is 109 cm³/mol. The van der Waals surface area contributed by atoms with Crippen molar-refractivity contribution in [2.75, 3.05) is 38.2 Å². The Morgan fingerprint density at radius 1 is 1.22 bits per heavy atom. The largest absolute Gasteiger partial charge is 0.378 e. The molecular formula is C15H34IN3O3S.